The number of aromatic nitrogens is 2. The number of carbonyl (C=O) groups excluding carboxylic acids is 1. The van der Waals surface area contributed by atoms with Gasteiger partial charge in [0.1, 0.15) is 0 Å². The van der Waals surface area contributed by atoms with Crippen molar-refractivity contribution in [3.05, 3.63) is 36.7 Å². The first kappa shape index (κ1) is 12.5. The molecule has 1 amide bonds. The van der Waals surface area contributed by atoms with E-state index in [1.165, 1.54) is 11.8 Å². The lowest BCUT2D eigenvalue weighted by atomic mass is 10.2. The van der Waals surface area contributed by atoms with Crippen LogP contribution in [0.3, 0.4) is 0 Å². The van der Waals surface area contributed by atoms with E-state index in [1.807, 2.05) is 12.1 Å². The van der Waals surface area contributed by atoms with E-state index < -0.39 is 0 Å². The molecule has 0 saturated carbocycles. The summed E-state index contributed by atoms with van der Waals surface area (Å²) >= 11 is 1.51. The van der Waals surface area contributed by atoms with Crippen LogP contribution in [0.5, 0.6) is 0 Å². The molecule has 94 valence electrons. The fraction of sp³-hybridized carbons (Fsp3) is 0.167. The van der Waals surface area contributed by atoms with Crippen molar-refractivity contribution in [2.24, 2.45) is 0 Å². The highest BCUT2D eigenvalue weighted by Crippen LogP contribution is 2.18. The van der Waals surface area contributed by atoms with Crippen molar-refractivity contribution in [2.75, 3.05) is 16.8 Å². The van der Waals surface area contributed by atoms with Gasteiger partial charge in [-0.1, -0.05) is 23.9 Å². The van der Waals surface area contributed by atoms with Gasteiger partial charge in [0.2, 0.25) is 5.91 Å². The molecule has 0 spiro atoms. The third-order valence-corrected chi connectivity index (χ3v) is 3.18. The number of nitrogens with zero attached hydrogens (tertiary/aromatic N) is 1. The van der Waals surface area contributed by atoms with Crippen LogP contribution in [0.2, 0.25) is 0 Å². The van der Waals surface area contributed by atoms with E-state index in [4.69, 9.17) is 5.73 Å². The first-order chi connectivity index (χ1) is 8.75. The van der Waals surface area contributed by atoms with Gasteiger partial charge >= 0.3 is 0 Å². The van der Waals surface area contributed by atoms with Crippen molar-refractivity contribution >= 4 is 29.0 Å². The van der Waals surface area contributed by atoms with Gasteiger partial charge < -0.3 is 16.0 Å². The number of nitrogens with one attached hydrogen (secondary N) is 2. The third kappa shape index (κ3) is 3.53. The predicted molar refractivity (Wildman–Crippen MR) is 73.4 cm³/mol. The van der Waals surface area contributed by atoms with E-state index in [-0.39, 0.29) is 5.91 Å². The Morgan fingerprint density at radius 3 is 3.00 bits per heavy atom. The van der Waals surface area contributed by atoms with Gasteiger partial charge in [0.25, 0.3) is 0 Å². The van der Waals surface area contributed by atoms with E-state index in [1.54, 1.807) is 24.5 Å². The highest BCUT2D eigenvalue weighted by molar-refractivity contribution is 7.99. The number of benzene rings is 1. The summed E-state index contributed by atoms with van der Waals surface area (Å²) in [7, 11) is 0. The number of carbonyl (C=O) groups is 1. The molecule has 1 aromatic carbocycles. The second kappa shape index (κ2) is 6.11. The molecule has 6 heteroatoms. The topological polar surface area (TPSA) is 83.8 Å². The maximum Gasteiger partial charge on any atom is 0.225 e. The summed E-state index contributed by atoms with van der Waals surface area (Å²) in [5.41, 5.74) is 6.97. The van der Waals surface area contributed by atoms with Crippen LogP contribution in [0, 0.1) is 0 Å². The van der Waals surface area contributed by atoms with Crippen LogP contribution in [0.1, 0.15) is 6.42 Å². The summed E-state index contributed by atoms with van der Waals surface area (Å²) in [6.07, 6.45) is 3.86. The highest BCUT2D eigenvalue weighted by Gasteiger charge is 2.05. The quantitative estimate of drug-likeness (QED) is 0.569. The molecule has 1 heterocycles. The standard InChI is InChI=1S/C12H14N4OS/c13-9-3-1-2-4-10(9)16-11(17)5-8-18-12-14-6-7-15-12/h1-4,6-7H,5,8,13H2,(H,14,15)(H,16,17). The van der Waals surface area contributed by atoms with E-state index in [0.717, 1.165) is 5.16 Å². The molecule has 0 aliphatic rings. The highest BCUT2D eigenvalue weighted by atomic mass is 32.2. The third-order valence-electron chi connectivity index (χ3n) is 2.28. The van der Waals surface area contributed by atoms with Crippen molar-refractivity contribution < 1.29 is 4.79 Å². The molecule has 0 fully saturated rings. The number of hydrogen-bond donors (Lipinski definition) is 3. The number of nitrogens with two attached hydrogens (primary N) is 1. The van der Waals surface area contributed by atoms with Gasteiger partial charge in [-0.2, -0.15) is 0 Å². The first-order valence-corrected chi connectivity index (χ1v) is 6.51. The van der Waals surface area contributed by atoms with Gasteiger partial charge in [-0.15, -0.1) is 0 Å². The van der Waals surface area contributed by atoms with Crippen LogP contribution in [0.4, 0.5) is 11.4 Å². The number of thioether (sulfide) groups is 1. The number of anilines is 2. The monoisotopic (exact) mass is 262 g/mol. The molecule has 18 heavy (non-hydrogen) atoms. The Hall–Kier alpha value is -1.95. The first-order valence-electron chi connectivity index (χ1n) is 5.52. The summed E-state index contributed by atoms with van der Waals surface area (Å²) in [4.78, 5) is 18.7. The molecule has 1 aromatic heterocycles. The Bertz CT molecular complexity index is 513. The SMILES string of the molecule is Nc1ccccc1NC(=O)CCSc1ncc[nH]1. The van der Waals surface area contributed by atoms with E-state index in [9.17, 15) is 4.79 Å². The van der Waals surface area contributed by atoms with Crippen LogP contribution in [0.15, 0.2) is 41.8 Å². The zero-order chi connectivity index (χ0) is 12.8. The Labute approximate surface area is 109 Å². The minimum atomic E-state index is -0.0491. The van der Waals surface area contributed by atoms with Gasteiger partial charge in [0, 0.05) is 24.6 Å². The number of nitrogen functional groups attached to an aromatic ring is 1. The maximum atomic E-state index is 11.7. The van der Waals surface area contributed by atoms with Gasteiger partial charge in [-0.25, -0.2) is 4.98 Å². The van der Waals surface area contributed by atoms with Crippen LogP contribution >= 0.6 is 11.8 Å². The lowest BCUT2D eigenvalue weighted by Crippen LogP contribution is -2.13. The molecule has 5 nitrogen and oxygen atoms in total. The summed E-state index contributed by atoms with van der Waals surface area (Å²) in [6, 6.07) is 7.21. The summed E-state index contributed by atoms with van der Waals surface area (Å²) in [5.74, 6) is 0.624. The summed E-state index contributed by atoms with van der Waals surface area (Å²) in [6.45, 7) is 0. The minimum absolute atomic E-state index is 0.0491. The second-order valence-corrected chi connectivity index (χ2v) is 4.71. The van der Waals surface area contributed by atoms with E-state index in [0.29, 0.717) is 23.5 Å². The zero-order valence-corrected chi connectivity index (χ0v) is 10.5. The molecule has 0 aliphatic carbocycles. The Morgan fingerprint density at radius 2 is 2.28 bits per heavy atom. The number of rotatable bonds is 5. The van der Waals surface area contributed by atoms with Crippen molar-refractivity contribution in [3.8, 4) is 0 Å². The fourth-order valence-corrected chi connectivity index (χ4v) is 2.16. The molecular weight excluding hydrogens is 248 g/mol. The number of amides is 1. The molecule has 0 radical (unpaired) electrons. The smallest absolute Gasteiger partial charge is 0.225 e. The van der Waals surface area contributed by atoms with Crippen LogP contribution in [0.25, 0.3) is 0 Å². The second-order valence-electron chi connectivity index (χ2n) is 3.63. The van der Waals surface area contributed by atoms with Gasteiger partial charge in [0.15, 0.2) is 5.16 Å². The van der Waals surface area contributed by atoms with Gasteiger partial charge in [-0.05, 0) is 12.1 Å². The molecule has 2 aromatic rings. The Morgan fingerprint density at radius 1 is 1.44 bits per heavy atom. The number of imidazole rings is 1. The van der Waals surface area contributed by atoms with E-state index in [2.05, 4.69) is 15.3 Å². The molecule has 2 rings (SSSR count). The number of aromatic amines is 1. The molecule has 4 N–H and O–H groups in total. The summed E-state index contributed by atoms with van der Waals surface area (Å²) < 4.78 is 0. The van der Waals surface area contributed by atoms with Crippen molar-refractivity contribution in [3.63, 3.8) is 0 Å². The molecule has 0 atom stereocenters. The van der Waals surface area contributed by atoms with Crippen LogP contribution in [-0.4, -0.2) is 21.6 Å². The van der Waals surface area contributed by atoms with Crippen LogP contribution in [-0.2, 0) is 4.79 Å². The van der Waals surface area contributed by atoms with Crippen molar-refractivity contribution in [1.82, 2.24) is 9.97 Å². The molecule has 0 aliphatic heterocycles. The van der Waals surface area contributed by atoms with Crippen molar-refractivity contribution in [2.45, 2.75) is 11.6 Å². The van der Waals surface area contributed by atoms with Gasteiger partial charge in [-0.3, -0.25) is 4.79 Å². The Kier molecular flexibility index (Phi) is 4.25. The fourth-order valence-electron chi connectivity index (χ4n) is 1.39. The number of para-hydroxylation sites is 2. The average molecular weight is 262 g/mol. The van der Waals surface area contributed by atoms with Crippen LogP contribution < -0.4 is 11.1 Å². The average Bonchev–Trinajstić information content (AvgIpc) is 2.85. The minimum Gasteiger partial charge on any atom is -0.397 e. The molecule has 0 saturated heterocycles. The molecule has 0 unspecified atom stereocenters. The Balaban J connectivity index is 1.77. The lowest BCUT2D eigenvalue weighted by Gasteiger charge is -2.07. The maximum absolute atomic E-state index is 11.7. The van der Waals surface area contributed by atoms with E-state index >= 15 is 0 Å². The number of hydrogen-bond acceptors (Lipinski definition) is 4. The lowest BCUT2D eigenvalue weighted by molar-refractivity contribution is -0.115. The largest absolute Gasteiger partial charge is 0.397 e. The molecular formula is C12H14N4OS. The predicted octanol–water partition coefficient (Wildman–Crippen LogP) is 2.11. The van der Waals surface area contributed by atoms with Crippen molar-refractivity contribution in [1.29, 1.82) is 0 Å². The molecule has 0 bridgehead atoms. The number of H-pyrrole nitrogens is 1. The normalized spacial score (nSPS) is 10.2. The summed E-state index contributed by atoms with van der Waals surface area (Å²) in [5, 5.41) is 3.60. The zero-order valence-electron chi connectivity index (χ0n) is 9.72. The van der Waals surface area contributed by atoms with Gasteiger partial charge in [0.05, 0.1) is 11.4 Å².